The minimum atomic E-state index is -3.92. The number of amides is 2. The highest BCUT2D eigenvalue weighted by atomic mass is 19.3. The number of nitrogens with one attached hydrogen (secondary N) is 2. The van der Waals surface area contributed by atoms with Gasteiger partial charge in [0.1, 0.15) is 12.4 Å². The number of rotatable bonds is 8. The van der Waals surface area contributed by atoms with Gasteiger partial charge < -0.3 is 24.9 Å². The zero-order valence-corrected chi connectivity index (χ0v) is 17.7. The Morgan fingerprint density at radius 3 is 2.15 bits per heavy atom. The fourth-order valence-corrected chi connectivity index (χ4v) is 3.80. The van der Waals surface area contributed by atoms with Crippen LogP contribution in [0.4, 0.5) is 13.6 Å². The van der Waals surface area contributed by atoms with E-state index in [-0.39, 0.29) is 24.0 Å². The van der Waals surface area contributed by atoms with Crippen LogP contribution in [-0.4, -0.2) is 42.2 Å². The fraction of sp³-hybridized carbons (Fsp3) is 0.208. The summed E-state index contributed by atoms with van der Waals surface area (Å²) in [6, 6.07) is 17.8. The Morgan fingerprint density at radius 2 is 1.56 bits per heavy atom. The summed E-state index contributed by atoms with van der Waals surface area (Å²) in [5.74, 6) is -7.52. The van der Waals surface area contributed by atoms with E-state index < -0.39 is 37.0 Å². The molecule has 0 radical (unpaired) electrons. The van der Waals surface area contributed by atoms with E-state index in [9.17, 15) is 23.2 Å². The number of alkyl halides is 2. The molecule has 1 aliphatic carbocycles. The molecular weight excluding hydrogens is 450 g/mol. The molecule has 0 unspecified atom stereocenters. The SMILES string of the molecule is O=C(NCC(F)(F)C(=O)NCc1ccc(C(=O)O)o1)OCC1c2ccccc2-c2ccccc21. The van der Waals surface area contributed by atoms with Crippen molar-refractivity contribution in [1.29, 1.82) is 0 Å². The molecule has 4 rings (SSSR count). The third-order valence-corrected chi connectivity index (χ3v) is 5.43. The maximum absolute atomic E-state index is 14.1. The maximum Gasteiger partial charge on any atom is 0.407 e. The normalized spacial score (nSPS) is 12.5. The van der Waals surface area contributed by atoms with Crippen molar-refractivity contribution in [2.24, 2.45) is 0 Å². The van der Waals surface area contributed by atoms with Crippen LogP contribution in [0.5, 0.6) is 0 Å². The number of halogens is 2. The number of carboxylic acids is 1. The van der Waals surface area contributed by atoms with Gasteiger partial charge in [0.25, 0.3) is 5.91 Å². The second-order valence-electron chi connectivity index (χ2n) is 7.64. The van der Waals surface area contributed by atoms with Gasteiger partial charge in [0, 0.05) is 5.92 Å². The van der Waals surface area contributed by atoms with Crippen LogP contribution in [0.2, 0.25) is 0 Å². The van der Waals surface area contributed by atoms with Crippen LogP contribution in [0.3, 0.4) is 0 Å². The lowest BCUT2D eigenvalue weighted by Crippen LogP contribution is -2.48. The molecule has 8 nitrogen and oxygen atoms in total. The second-order valence-corrected chi connectivity index (χ2v) is 7.64. The van der Waals surface area contributed by atoms with Crippen molar-refractivity contribution in [1.82, 2.24) is 10.6 Å². The zero-order chi connectivity index (χ0) is 24.3. The number of hydrogen-bond acceptors (Lipinski definition) is 5. The van der Waals surface area contributed by atoms with E-state index in [2.05, 4.69) is 0 Å². The molecule has 2 aromatic carbocycles. The molecule has 2 amide bonds. The lowest BCUT2D eigenvalue weighted by Gasteiger charge is -2.18. The average Bonchev–Trinajstić information content (AvgIpc) is 3.43. The van der Waals surface area contributed by atoms with E-state index in [1.807, 2.05) is 59.2 Å². The predicted molar refractivity (Wildman–Crippen MR) is 116 cm³/mol. The van der Waals surface area contributed by atoms with Crippen molar-refractivity contribution in [2.45, 2.75) is 18.4 Å². The van der Waals surface area contributed by atoms with Gasteiger partial charge in [0.2, 0.25) is 5.76 Å². The zero-order valence-electron chi connectivity index (χ0n) is 17.7. The monoisotopic (exact) mass is 470 g/mol. The maximum atomic E-state index is 14.1. The number of carbonyl (C=O) groups is 3. The Balaban J connectivity index is 1.28. The molecule has 0 bridgehead atoms. The second kappa shape index (κ2) is 9.34. The van der Waals surface area contributed by atoms with E-state index in [4.69, 9.17) is 14.3 Å². The van der Waals surface area contributed by atoms with E-state index in [1.54, 1.807) is 0 Å². The number of alkyl carbamates (subject to hydrolysis) is 1. The number of carboxylic acid groups (broad SMARTS) is 1. The standard InChI is InChI=1S/C24H20F2N2O6/c25-24(26,22(31)27-11-14-9-10-20(34-14)21(29)30)13-28-23(32)33-12-19-17-7-3-1-5-15(17)16-6-2-4-8-18(16)19/h1-10,19H,11-13H2,(H,27,31)(H,28,32)(H,29,30). The number of benzene rings is 2. The molecule has 1 aliphatic rings. The summed E-state index contributed by atoms with van der Waals surface area (Å²) in [6.07, 6.45) is -1.08. The summed E-state index contributed by atoms with van der Waals surface area (Å²) in [4.78, 5) is 34.7. The number of carbonyl (C=O) groups excluding carboxylic acids is 2. The van der Waals surface area contributed by atoms with Gasteiger partial charge in [0.05, 0.1) is 13.1 Å². The van der Waals surface area contributed by atoms with Crippen LogP contribution in [0, 0.1) is 0 Å². The van der Waals surface area contributed by atoms with Gasteiger partial charge in [-0.3, -0.25) is 4.79 Å². The lowest BCUT2D eigenvalue weighted by atomic mass is 9.98. The van der Waals surface area contributed by atoms with Crippen LogP contribution >= 0.6 is 0 Å². The summed E-state index contributed by atoms with van der Waals surface area (Å²) >= 11 is 0. The third kappa shape index (κ3) is 4.75. The smallest absolute Gasteiger partial charge is 0.407 e. The number of fused-ring (bicyclic) bond motifs is 3. The van der Waals surface area contributed by atoms with Crippen LogP contribution < -0.4 is 10.6 Å². The number of hydrogen-bond donors (Lipinski definition) is 3. The average molecular weight is 470 g/mol. The number of furan rings is 1. The summed E-state index contributed by atoms with van der Waals surface area (Å²) < 4.78 is 38.4. The van der Waals surface area contributed by atoms with Gasteiger partial charge in [-0.05, 0) is 34.4 Å². The lowest BCUT2D eigenvalue weighted by molar-refractivity contribution is -0.145. The van der Waals surface area contributed by atoms with Crippen LogP contribution in [0.1, 0.15) is 33.4 Å². The Labute approximate surface area is 192 Å². The topological polar surface area (TPSA) is 118 Å². The molecular formula is C24H20F2N2O6. The Kier molecular flexibility index (Phi) is 6.31. The fourth-order valence-electron chi connectivity index (χ4n) is 3.80. The Hall–Kier alpha value is -4.21. The Bertz CT molecular complexity index is 1190. The molecule has 0 saturated heterocycles. The van der Waals surface area contributed by atoms with Crippen LogP contribution in [0.25, 0.3) is 11.1 Å². The quantitative estimate of drug-likeness (QED) is 0.461. The first-order valence-corrected chi connectivity index (χ1v) is 10.3. The molecule has 0 spiro atoms. The van der Waals surface area contributed by atoms with Crippen molar-refractivity contribution in [3.63, 3.8) is 0 Å². The van der Waals surface area contributed by atoms with Gasteiger partial charge in [-0.15, -0.1) is 0 Å². The Morgan fingerprint density at radius 1 is 0.941 bits per heavy atom. The molecule has 1 aromatic heterocycles. The molecule has 1 heterocycles. The van der Waals surface area contributed by atoms with E-state index in [1.165, 1.54) is 6.07 Å². The van der Waals surface area contributed by atoms with Crippen LogP contribution in [0.15, 0.2) is 65.1 Å². The summed E-state index contributed by atoms with van der Waals surface area (Å²) in [6.45, 7) is -1.76. The molecule has 3 N–H and O–H groups in total. The molecule has 0 atom stereocenters. The van der Waals surface area contributed by atoms with Crippen molar-refractivity contribution >= 4 is 18.0 Å². The van der Waals surface area contributed by atoms with Crippen molar-refractivity contribution < 1.29 is 37.4 Å². The molecule has 3 aromatic rings. The molecule has 0 aliphatic heterocycles. The van der Waals surface area contributed by atoms with Gasteiger partial charge in [-0.1, -0.05) is 48.5 Å². The minimum absolute atomic E-state index is 0.00829. The van der Waals surface area contributed by atoms with Gasteiger partial charge in [0.15, 0.2) is 0 Å². The molecule has 0 fully saturated rings. The van der Waals surface area contributed by atoms with Crippen molar-refractivity contribution in [3.05, 3.63) is 83.3 Å². The first-order chi connectivity index (χ1) is 16.3. The molecule has 10 heteroatoms. The predicted octanol–water partition coefficient (Wildman–Crippen LogP) is 3.77. The highest BCUT2D eigenvalue weighted by Crippen LogP contribution is 2.44. The largest absolute Gasteiger partial charge is 0.475 e. The van der Waals surface area contributed by atoms with Crippen molar-refractivity contribution in [3.8, 4) is 11.1 Å². The summed E-state index contributed by atoms with van der Waals surface area (Å²) in [5, 5.41) is 12.6. The van der Waals surface area contributed by atoms with Crippen molar-refractivity contribution in [2.75, 3.05) is 13.2 Å². The highest BCUT2D eigenvalue weighted by molar-refractivity contribution is 5.85. The molecule has 0 saturated carbocycles. The van der Waals surface area contributed by atoms with Gasteiger partial charge in [-0.2, -0.15) is 8.78 Å². The van der Waals surface area contributed by atoms with E-state index in [0.717, 1.165) is 28.3 Å². The highest BCUT2D eigenvalue weighted by Gasteiger charge is 2.39. The van der Waals surface area contributed by atoms with Gasteiger partial charge in [-0.25, -0.2) is 9.59 Å². The van der Waals surface area contributed by atoms with Crippen LogP contribution in [-0.2, 0) is 16.1 Å². The summed E-state index contributed by atoms with van der Waals surface area (Å²) in [5.41, 5.74) is 4.01. The molecule has 34 heavy (non-hydrogen) atoms. The number of ether oxygens (including phenoxy) is 1. The van der Waals surface area contributed by atoms with E-state index >= 15 is 0 Å². The minimum Gasteiger partial charge on any atom is -0.475 e. The van der Waals surface area contributed by atoms with Gasteiger partial charge >= 0.3 is 18.0 Å². The molecule has 176 valence electrons. The number of aromatic carboxylic acids is 1. The summed E-state index contributed by atoms with van der Waals surface area (Å²) in [7, 11) is 0. The third-order valence-electron chi connectivity index (χ3n) is 5.43. The first kappa shape index (κ1) is 23.0. The first-order valence-electron chi connectivity index (χ1n) is 10.3. The van der Waals surface area contributed by atoms with E-state index in [0.29, 0.717) is 0 Å².